The lowest BCUT2D eigenvalue weighted by molar-refractivity contribution is 0.158. The maximum Gasteiger partial charge on any atom is 0.194 e. The largest absolute Gasteiger partial charge is 0.497 e. The highest BCUT2D eigenvalue weighted by Gasteiger charge is 2.45. The van der Waals surface area contributed by atoms with Crippen molar-refractivity contribution >= 4 is 16.8 Å². The van der Waals surface area contributed by atoms with E-state index in [9.17, 15) is 0 Å². The summed E-state index contributed by atoms with van der Waals surface area (Å²) < 4.78 is 13.1. The molecule has 0 amide bonds. The zero-order valence-corrected chi connectivity index (χ0v) is 27.6. The minimum atomic E-state index is -1.07. The van der Waals surface area contributed by atoms with Crippen LogP contribution in [0.4, 0.5) is 0 Å². The summed E-state index contributed by atoms with van der Waals surface area (Å²) in [6, 6.07) is 48.1. The first kappa shape index (κ1) is 29.2. The summed E-state index contributed by atoms with van der Waals surface area (Å²) in [6.07, 6.45) is 4.46. The van der Waals surface area contributed by atoms with E-state index in [1.54, 1.807) is 7.11 Å². The number of methoxy groups -OCH3 is 1. The molecule has 1 aromatic heterocycles. The monoisotopic (exact) mass is 634 g/mol. The molecule has 1 atom stereocenters. The zero-order chi connectivity index (χ0) is 33.2. The maximum absolute atomic E-state index is 7.56. The highest BCUT2D eigenvalue weighted by molar-refractivity contribution is 6.08. The van der Waals surface area contributed by atoms with Gasteiger partial charge in [0.2, 0.25) is 0 Å². The molecule has 0 spiro atoms. The van der Waals surface area contributed by atoms with Crippen molar-refractivity contribution < 1.29 is 9.47 Å². The Morgan fingerprint density at radius 2 is 1.31 bits per heavy atom. The summed E-state index contributed by atoms with van der Waals surface area (Å²) in [7, 11) is 1.69. The van der Waals surface area contributed by atoms with E-state index in [1.807, 2.05) is 48.5 Å². The molecule has 1 unspecified atom stereocenters. The van der Waals surface area contributed by atoms with Gasteiger partial charge in [0, 0.05) is 33.1 Å². The molecule has 0 saturated heterocycles. The number of nitrogens with zero attached hydrogens (tertiary/aromatic N) is 2. The molecule has 0 fully saturated rings. The fourth-order valence-corrected chi connectivity index (χ4v) is 7.79. The summed E-state index contributed by atoms with van der Waals surface area (Å²) in [6.45, 7) is 4.66. The maximum atomic E-state index is 7.56. The van der Waals surface area contributed by atoms with Crippen LogP contribution in [0.25, 0.3) is 50.6 Å². The molecule has 1 aliphatic carbocycles. The number of ether oxygens (including phenoxy) is 2. The van der Waals surface area contributed by atoms with E-state index < -0.39 is 5.60 Å². The van der Waals surface area contributed by atoms with Crippen LogP contribution < -0.4 is 9.47 Å². The summed E-state index contributed by atoms with van der Waals surface area (Å²) >= 11 is 0. The highest BCUT2D eigenvalue weighted by Crippen LogP contribution is 2.58. The Labute approximate surface area is 286 Å². The molecule has 49 heavy (non-hydrogen) atoms. The summed E-state index contributed by atoms with van der Waals surface area (Å²) in [5.41, 5.74) is 9.50. The third kappa shape index (κ3) is 4.44. The van der Waals surface area contributed by atoms with E-state index in [-0.39, 0.29) is 5.41 Å². The molecule has 4 nitrogen and oxygen atoms in total. The van der Waals surface area contributed by atoms with Gasteiger partial charge in [-0.1, -0.05) is 141 Å². The number of fused-ring (bicyclic) bond motifs is 8. The van der Waals surface area contributed by atoms with Gasteiger partial charge in [0.15, 0.2) is 11.4 Å². The average Bonchev–Trinajstić information content (AvgIpc) is 3.42. The lowest BCUT2D eigenvalue weighted by Gasteiger charge is -2.38. The molecule has 4 heteroatoms. The van der Waals surface area contributed by atoms with Gasteiger partial charge in [0.25, 0.3) is 0 Å². The smallest absolute Gasteiger partial charge is 0.194 e. The molecule has 9 rings (SSSR count). The van der Waals surface area contributed by atoms with Gasteiger partial charge in [-0.3, -0.25) is 0 Å². The summed E-state index contributed by atoms with van der Waals surface area (Å²) in [5.74, 6) is 2.28. The number of rotatable bonds is 5. The second-order valence-electron chi connectivity index (χ2n) is 13.3. The van der Waals surface area contributed by atoms with Crippen LogP contribution in [0.2, 0.25) is 0 Å². The molecule has 0 bridgehead atoms. The van der Waals surface area contributed by atoms with Crippen molar-refractivity contribution in [2.45, 2.75) is 24.9 Å². The third-order valence-electron chi connectivity index (χ3n) is 10.2. The van der Waals surface area contributed by atoms with Crippen molar-refractivity contribution in [3.8, 4) is 45.3 Å². The Morgan fingerprint density at radius 3 is 2.04 bits per heavy atom. The first-order chi connectivity index (χ1) is 24.0. The van der Waals surface area contributed by atoms with Gasteiger partial charge in [0.05, 0.1) is 18.5 Å². The van der Waals surface area contributed by atoms with Crippen LogP contribution in [0.3, 0.4) is 0 Å². The average molecular weight is 635 g/mol. The van der Waals surface area contributed by atoms with Crippen molar-refractivity contribution in [2.75, 3.05) is 7.11 Å². The standard InChI is InChI=1S/C45H34N2O2/c1-44(2)37-21-13-12-20-35(37)40-33-18-10-11-19-34(33)42-36(41(40)44)26-27-45(49-42,31-22-24-32(48-3)25-23-31)39-28-38(29-14-6-4-7-15-29)46-43(47-39)30-16-8-5-9-17-30/h4-28H,1-3H3. The van der Waals surface area contributed by atoms with Gasteiger partial charge in [-0.2, -0.15) is 0 Å². The summed E-state index contributed by atoms with van der Waals surface area (Å²) in [4.78, 5) is 10.4. The van der Waals surface area contributed by atoms with E-state index in [0.717, 1.165) is 50.5 Å². The molecule has 2 aliphatic rings. The molecule has 7 aromatic rings. The zero-order valence-electron chi connectivity index (χ0n) is 27.6. The van der Waals surface area contributed by atoms with Gasteiger partial charge in [-0.05, 0) is 51.9 Å². The van der Waals surface area contributed by atoms with Crippen LogP contribution in [-0.2, 0) is 11.0 Å². The molecule has 6 aromatic carbocycles. The summed E-state index contributed by atoms with van der Waals surface area (Å²) in [5, 5.41) is 2.26. The Balaban J connectivity index is 1.35. The van der Waals surface area contributed by atoms with Crippen LogP contribution in [0.1, 0.15) is 41.8 Å². The SMILES string of the molecule is COc1ccc(C2(c3cc(-c4ccccc4)nc(-c4ccccc4)n3)C=Cc3c4c(c5ccccc5c3O2)-c2ccccc2C4(C)C)cc1. The lowest BCUT2D eigenvalue weighted by atomic mass is 9.77. The Bertz CT molecular complexity index is 2360. The molecule has 1 aliphatic heterocycles. The van der Waals surface area contributed by atoms with Crippen LogP contribution in [-0.4, -0.2) is 17.1 Å². The fraction of sp³-hybridized carbons (Fsp3) is 0.111. The first-order valence-electron chi connectivity index (χ1n) is 16.7. The van der Waals surface area contributed by atoms with Crippen LogP contribution in [0.5, 0.6) is 11.5 Å². The molecule has 0 saturated carbocycles. The second-order valence-corrected chi connectivity index (χ2v) is 13.3. The lowest BCUT2D eigenvalue weighted by Crippen LogP contribution is -2.36. The van der Waals surface area contributed by atoms with Gasteiger partial charge < -0.3 is 9.47 Å². The molecular weight excluding hydrogens is 601 g/mol. The topological polar surface area (TPSA) is 44.2 Å². The predicted octanol–water partition coefficient (Wildman–Crippen LogP) is 10.6. The molecule has 0 N–H and O–H groups in total. The van der Waals surface area contributed by atoms with Crippen LogP contribution in [0.15, 0.2) is 146 Å². The van der Waals surface area contributed by atoms with E-state index in [4.69, 9.17) is 19.4 Å². The minimum Gasteiger partial charge on any atom is -0.497 e. The second kappa shape index (κ2) is 11.0. The van der Waals surface area contributed by atoms with Crippen molar-refractivity contribution in [1.29, 1.82) is 0 Å². The number of benzene rings is 6. The van der Waals surface area contributed by atoms with E-state index in [2.05, 4.69) is 117 Å². The van der Waals surface area contributed by atoms with Crippen molar-refractivity contribution in [1.82, 2.24) is 9.97 Å². The van der Waals surface area contributed by atoms with E-state index in [0.29, 0.717) is 5.82 Å². The number of aromatic nitrogens is 2. The predicted molar refractivity (Wildman–Crippen MR) is 198 cm³/mol. The quantitative estimate of drug-likeness (QED) is 0.189. The normalized spacial score (nSPS) is 16.8. The highest BCUT2D eigenvalue weighted by atomic mass is 16.5. The van der Waals surface area contributed by atoms with Crippen molar-refractivity contribution in [2.24, 2.45) is 0 Å². The molecule has 2 heterocycles. The van der Waals surface area contributed by atoms with E-state index >= 15 is 0 Å². The Hall–Kier alpha value is -6.00. The van der Waals surface area contributed by atoms with Gasteiger partial charge in [-0.25, -0.2) is 9.97 Å². The van der Waals surface area contributed by atoms with Crippen LogP contribution >= 0.6 is 0 Å². The molecule has 0 radical (unpaired) electrons. The van der Waals surface area contributed by atoms with Crippen molar-refractivity contribution in [3.05, 3.63) is 174 Å². The Kier molecular flexibility index (Phi) is 6.57. The van der Waals surface area contributed by atoms with Gasteiger partial charge in [0.1, 0.15) is 11.5 Å². The molecule has 236 valence electrons. The van der Waals surface area contributed by atoms with Gasteiger partial charge in [-0.15, -0.1) is 0 Å². The fourth-order valence-electron chi connectivity index (χ4n) is 7.79. The minimum absolute atomic E-state index is 0.219. The molecular formula is C45H34N2O2. The number of hydrogen-bond acceptors (Lipinski definition) is 4. The first-order valence-corrected chi connectivity index (χ1v) is 16.7. The van der Waals surface area contributed by atoms with Crippen molar-refractivity contribution in [3.63, 3.8) is 0 Å². The van der Waals surface area contributed by atoms with E-state index in [1.165, 1.54) is 27.6 Å². The number of hydrogen-bond donors (Lipinski definition) is 0. The Morgan fingerprint density at radius 1 is 0.653 bits per heavy atom. The van der Waals surface area contributed by atoms with Crippen LogP contribution in [0, 0.1) is 0 Å². The third-order valence-corrected chi connectivity index (χ3v) is 10.2. The van der Waals surface area contributed by atoms with Gasteiger partial charge >= 0.3 is 0 Å².